The molecule has 0 unspecified atom stereocenters. The van der Waals surface area contributed by atoms with Gasteiger partial charge in [0.1, 0.15) is 11.8 Å². The second-order valence-electron chi connectivity index (χ2n) is 8.29. The molecule has 9 nitrogen and oxygen atoms in total. The molecular formula is C27H25ClN4O5S. The summed E-state index contributed by atoms with van der Waals surface area (Å²) in [6.45, 7) is 2.18. The fraction of sp³-hybridized carbons (Fsp3) is 0.222. The number of amides is 2. The Hall–Kier alpha value is -4.02. The second kappa shape index (κ2) is 12.0. The van der Waals surface area contributed by atoms with E-state index in [1.54, 1.807) is 60.5 Å². The summed E-state index contributed by atoms with van der Waals surface area (Å²) < 4.78 is 10.2. The first-order chi connectivity index (χ1) is 18.3. The molecule has 11 heteroatoms. The van der Waals surface area contributed by atoms with Crippen LogP contribution < -0.4 is 15.0 Å². The fourth-order valence-corrected chi connectivity index (χ4v) is 4.68. The van der Waals surface area contributed by atoms with Crippen molar-refractivity contribution in [1.82, 2.24) is 9.88 Å². The summed E-state index contributed by atoms with van der Waals surface area (Å²) in [5, 5.41) is 3.31. The number of thiocarbonyl (C=S) groups is 1. The number of benzene rings is 2. The molecule has 1 fully saturated rings. The van der Waals surface area contributed by atoms with Gasteiger partial charge in [-0.05, 0) is 67.7 Å². The molecule has 0 bridgehead atoms. The largest absolute Gasteiger partial charge is 0.495 e. The monoisotopic (exact) mass is 552 g/mol. The van der Waals surface area contributed by atoms with E-state index in [1.165, 1.54) is 18.1 Å². The lowest BCUT2D eigenvalue weighted by atomic mass is 10.1. The fourth-order valence-electron chi connectivity index (χ4n) is 4.04. The van der Waals surface area contributed by atoms with Gasteiger partial charge in [-0.3, -0.25) is 19.5 Å². The van der Waals surface area contributed by atoms with Crippen LogP contribution in [0.5, 0.6) is 5.75 Å². The lowest BCUT2D eigenvalue weighted by Crippen LogP contribution is -2.37. The molecule has 2 amide bonds. The highest BCUT2D eigenvalue weighted by atomic mass is 35.5. The van der Waals surface area contributed by atoms with Crippen LogP contribution in [0, 0.1) is 0 Å². The highest BCUT2D eigenvalue weighted by Gasteiger charge is 2.44. The van der Waals surface area contributed by atoms with E-state index in [0.717, 1.165) is 0 Å². The van der Waals surface area contributed by atoms with E-state index in [4.69, 9.17) is 33.3 Å². The number of pyridine rings is 1. The van der Waals surface area contributed by atoms with E-state index in [2.05, 4.69) is 10.3 Å². The number of anilines is 2. The van der Waals surface area contributed by atoms with E-state index in [0.29, 0.717) is 33.4 Å². The topological polar surface area (TPSA) is 101 Å². The predicted octanol–water partition coefficient (Wildman–Crippen LogP) is 4.45. The summed E-state index contributed by atoms with van der Waals surface area (Å²) in [7, 11) is 1.50. The van der Waals surface area contributed by atoms with Crippen molar-refractivity contribution in [1.29, 1.82) is 0 Å². The standard InChI is InChI=1S/C27H25ClN4O5S/c1-3-37-26(35)17-7-6-9-18(13-17)30-24(33)15-22-25(34)32(20-10-11-23(36-2)21(28)14-20)27(38)31(22)16-19-8-4-5-12-29-19/h4-14,22H,3,15-16H2,1-2H3,(H,30,33)/t22-/m0/s1. The summed E-state index contributed by atoms with van der Waals surface area (Å²) in [4.78, 5) is 46.2. The summed E-state index contributed by atoms with van der Waals surface area (Å²) in [5.41, 5.74) is 1.86. The Balaban J connectivity index is 1.58. The number of methoxy groups -OCH3 is 1. The zero-order valence-corrected chi connectivity index (χ0v) is 22.3. The predicted molar refractivity (Wildman–Crippen MR) is 147 cm³/mol. The van der Waals surface area contributed by atoms with Gasteiger partial charge >= 0.3 is 5.97 Å². The number of hydrogen-bond acceptors (Lipinski definition) is 7. The van der Waals surface area contributed by atoms with Crippen LogP contribution in [0.25, 0.3) is 0 Å². The molecule has 2 aromatic carbocycles. The Bertz CT molecular complexity index is 1370. The molecule has 1 atom stereocenters. The number of carbonyl (C=O) groups excluding carboxylic acids is 3. The van der Waals surface area contributed by atoms with Crippen molar-refractivity contribution in [2.75, 3.05) is 23.9 Å². The molecule has 4 rings (SSSR count). The summed E-state index contributed by atoms with van der Waals surface area (Å²) in [6.07, 6.45) is 1.46. The third kappa shape index (κ3) is 5.92. The Labute approximate surface area is 230 Å². The molecule has 0 aliphatic carbocycles. The third-order valence-electron chi connectivity index (χ3n) is 5.81. The molecular weight excluding hydrogens is 528 g/mol. The molecule has 0 radical (unpaired) electrons. The van der Waals surface area contributed by atoms with Crippen molar-refractivity contribution in [3.63, 3.8) is 0 Å². The maximum Gasteiger partial charge on any atom is 0.338 e. The Morgan fingerprint density at radius 3 is 2.63 bits per heavy atom. The molecule has 1 aromatic heterocycles. The van der Waals surface area contributed by atoms with Gasteiger partial charge in [-0.2, -0.15) is 0 Å². The van der Waals surface area contributed by atoms with E-state index in [-0.39, 0.29) is 30.6 Å². The van der Waals surface area contributed by atoms with Crippen LogP contribution in [0.1, 0.15) is 29.4 Å². The average molecular weight is 553 g/mol. The normalized spacial score (nSPS) is 15.0. The number of nitrogens with one attached hydrogen (secondary N) is 1. The highest BCUT2D eigenvalue weighted by Crippen LogP contribution is 2.34. The van der Waals surface area contributed by atoms with Gasteiger partial charge in [-0.15, -0.1) is 0 Å². The minimum atomic E-state index is -0.890. The average Bonchev–Trinajstić information content (AvgIpc) is 3.13. The van der Waals surface area contributed by atoms with Crippen LogP contribution in [-0.2, 0) is 20.9 Å². The number of ether oxygens (including phenoxy) is 2. The first-order valence-electron chi connectivity index (χ1n) is 11.8. The Kier molecular flexibility index (Phi) is 8.55. The van der Waals surface area contributed by atoms with Crippen molar-refractivity contribution in [2.45, 2.75) is 25.9 Å². The number of aromatic nitrogens is 1. The molecule has 1 saturated heterocycles. The van der Waals surface area contributed by atoms with Crippen LogP contribution >= 0.6 is 23.8 Å². The maximum atomic E-state index is 13.6. The molecule has 38 heavy (non-hydrogen) atoms. The van der Waals surface area contributed by atoms with Crippen LogP contribution in [0.4, 0.5) is 11.4 Å². The molecule has 2 heterocycles. The molecule has 1 aliphatic heterocycles. The van der Waals surface area contributed by atoms with Crippen LogP contribution in [-0.4, -0.2) is 52.5 Å². The van der Waals surface area contributed by atoms with E-state index >= 15 is 0 Å². The van der Waals surface area contributed by atoms with Gasteiger partial charge in [0, 0.05) is 11.9 Å². The number of nitrogens with zero attached hydrogens (tertiary/aromatic N) is 3. The lowest BCUT2D eigenvalue weighted by molar-refractivity contribution is -0.124. The van der Waals surface area contributed by atoms with Gasteiger partial charge in [0.15, 0.2) is 5.11 Å². The van der Waals surface area contributed by atoms with Gasteiger partial charge in [0.25, 0.3) is 5.91 Å². The van der Waals surface area contributed by atoms with Gasteiger partial charge < -0.3 is 19.7 Å². The van der Waals surface area contributed by atoms with Crippen molar-refractivity contribution >= 4 is 58.1 Å². The van der Waals surface area contributed by atoms with Crippen LogP contribution in [0.2, 0.25) is 5.02 Å². The second-order valence-corrected chi connectivity index (χ2v) is 9.07. The zero-order valence-electron chi connectivity index (χ0n) is 20.7. The van der Waals surface area contributed by atoms with Gasteiger partial charge in [-0.25, -0.2) is 4.79 Å². The number of rotatable bonds is 9. The quantitative estimate of drug-likeness (QED) is 0.307. The minimum Gasteiger partial charge on any atom is -0.495 e. The number of hydrogen-bond donors (Lipinski definition) is 1. The first-order valence-corrected chi connectivity index (χ1v) is 12.6. The Morgan fingerprint density at radius 1 is 1.13 bits per heavy atom. The van der Waals surface area contributed by atoms with Crippen molar-refractivity contribution in [3.8, 4) is 5.75 Å². The van der Waals surface area contributed by atoms with Gasteiger partial charge in [0.05, 0.1) is 48.6 Å². The van der Waals surface area contributed by atoms with E-state index in [9.17, 15) is 14.4 Å². The molecule has 0 saturated carbocycles. The summed E-state index contributed by atoms with van der Waals surface area (Å²) in [5.74, 6) is -0.829. The SMILES string of the molecule is CCOC(=O)c1cccc(NC(=O)C[C@H]2C(=O)N(c3ccc(OC)c(Cl)c3)C(=S)N2Cc2ccccn2)c1. The zero-order chi connectivity index (χ0) is 27.2. The van der Waals surface area contributed by atoms with Crippen molar-refractivity contribution in [3.05, 3.63) is 83.1 Å². The molecule has 0 spiro atoms. The molecule has 1 N–H and O–H groups in total. The van der Waals surface area contributed by atoms with Crippen LogP contribution in [0.15, 0.2) is 66.9 Å². The third-order valence-corrected chi connectivity index (χ3v) is 6.52. The lowest BCUT2D eigenvalue weighted by Gasteiger charge is -2.23. The number of carbonyl (C=O) groups is 3. The highest BCUT2D eigenvalue weighted by molar-refractivity contribution is 7.80. The minimum absolute atomic E-state index is 0.185. The summed E-state index contributed by atoms with van der Waals surface area (Å²) in [6, 6.07) is 15.9. The molecule has 3 aromatic rings. The number of halogens is 1. The van der Waals surface area contributed by atoms with Crippen molar-refractivity contribution < 1.29 is 23.9 Å². The summed E-state index contributed by atoms with van der Waals surface area (Å²) >= 11 is 12.0. The first kappa shape index (κ1) is 27.0. The van der Waals surface area contributed by atoms with Gasteiger partial charge in [-0.1, -0.05) is 23.7 Å². The Morgan fingerprint density at radius 2 is 1.95 bits per heavy atom. The number of esters is 1. The molecule has 1 aliphatic rings. The van der Waals surface area contributed by atoms with E-state index < -0.39 is 17.9 Å². The van der Waals surface area contributed by atoms with Crippen LogP contribution in [0.3, 0.4) is 0 Å². The van der Waals surface area contributed by atoms with Crippen molar-refractivity contribution in [2.24, 2.45) is 0 Å². The smallest absolute Gasteiger partial charge is 0.338 e. The maximum absolute atomic E-state index is 13.6. The van der Waals surface area contributed by atoms with Gasteiger partial charge in [0.2, 0.25) is 5.91 Å². The molecule has 196 valence electrons. The van der Waals surface area contributed by atoms with E-state index in [1.807, 2.05) is 12.1 Å².